The van der Waals surface area contributed by atoms with Gasteiger partial charge < -0.3 is 23.5 Å². The number of cyclic esters (lactones) is 1. The predicted octanol–water partition coefficient (Wildman–Crippen LogP) is 3.63. The van der Waals surface area contributed by atoms with E-state index in [1.54, 1.807) is 19.9 Å². The molecule has 2 aliphatic heterocycles. The van der Waals surface area contributed by atoms with Crippen molar-refractivity contribution in [3.05, 3.63) is 29.2 Å². The van der Waals surface area contributed by atoms with Crippen LogP contribution in [0.1, 0.15) is 56.0 Å². The zero-order valence-corrected chi connectivity index (χ0v) is 16.7. The van der Waals surface area contributed by atoms with E-state index in [0.29, 0.717) is 23.0 Å². The summed E-state index contributed by atoms with van der Waals surface area (Å²) in [6.45, 7) is 5.60. The normalized spacial score (nSPS) is 34.9. The zero-order chi connectivity index (χ0) is 19.7. The number of methoxy groups -OCH3 is 1. The Bertz CT molecular complexity index is 859. The Morgan fingerprint density at radius 3 is 2.68 bits per heavy atom. The van der Waals surface area contributed by atoms with Crippen LogP contribution in [0.5, 0.6) is 11.5 Å². The minimum atomic E-state index is -1.04. The van der Waals surface area contributed by atoms with Crippen LogP contribution in [0.2, 0.25) is 0 Å². The van der Waals surface area contributed by atoms with Gasteiger partial charge in [0.2, 0.25) is 5.79 Å². The maximum absolute atomic E-state index is 12.5. The Kier molecular flexibility index (Phi) is 3.88. The van der Waals surface area contributed by atoms with Crippen molar-refractivity contribution < 1.29 is 28.3 Å². The van der Waals surface area contributed by atoms with Gasteiger partial charge in [0.05, 0.1) is 18.8 Å². The molecular formula is C21H25BO6. The molecule has 2 heterocycles. The van der Waals surface area contributed by atoms with Crippen LogP contribution < -0.4 is 9.47 Å². The van der Waals surface area contributed by atoms with E-state index in [4.69, 9.17) is 23.5 Å². The number of benzene rings is 1. The second-order valence-electron chi connectivity index (χ2n) is 8.88. The molecule has 28 heavy (non-hydrogen) atoms. The lowest BCUT2D eigenvalue weighted by Gasteiger charge is -2.53. The van der Waals surface area contributed by atoms with Gasteiger partial charge >= 0.3 is 13.1 Å². The van der Waals surface area contributed by atoms with Gasteiger partial charge in [-0.05, 0) is 50.2 Å². The first-order chi connectivity index (χ1) is 13.3. The van der Waals surface area contributed by atoms with E-state index < -0.39 is 18.9 Å². The van der Waals surface area contributed by atoms with Crippen molar-refractivity contribution in [3.63, 3.8) is 0 Å². The fourth-order valence-corrected chi connectivity index (χ4v) is 4.99. The first kappa shape index (κ1) is 18.1. The van der Waals surface area contributed by atoms with Crippen LogP contribution in [0, 0.1) is 11.8 Å². The monoisotopic (exact) mass is 384 g/mol. The molecule has 5 aliphatic rings. The Hall–Kier alpha value is -1.99. The number of hydrogen-bond acceptors (Lipinski definition) is 6. The molecule has 2 atom stereocenters. The molecule has 7 heteroatoms. The second kappa shape index (κ2) is 6.00. The minimum absolute atomic E-state index is 0.162. The highest BCUT2D eigenvalue weighted by molar-refractivity contribution is 6.52. The summed E-state index contributed by atoms with van der Waals surface area (Å²) in [6, 6.07) is 3.61. The Morgan fingerprint density at radius 2 is 1.96 bits per heavy atom. The van der Waals surface area contributed by atoms with Gasteiger partial charge in [0.15, 0.2) is 0 Å². The summed E-state index contributed by atoms with van der Waals surface area (Å²) in [6.07, 6.45) is 5.64. The molecule has 2 bridgehead atoms. The minimum Gasteiger partial charge on any atom is -0.496 e. The molecule has 0 radical (unpaired) electrons. The van der Waals surface area contributed by atoms with E-state index in [2.05, 4.69) is 6.92 Å². The quantitative estimate of drug-likeness (QED) is 0.586. The number of carbonyl (C=O) groups is 1. The zero-order valence-electron chi connectivity index (χ0n) is 16.7. The van der Waals surface area contributed by atoms with Crippen LogP contribution in [-0.4, -0.2) is 37.7 Å². The third-order valence-corrected chi connectivity index (χ3v) is 6.59. The summed E-state index contributed by atoms with van der Waals surface area (Å²) in [5, 5.41) is 0. The third kappa shape index (κ3) is 2.67. The van der Waals surface area contributed by atoms with E-state index in [9.17, 15) is 4.79 Å². The van der Waals surface area contributed by atoms with Crippen LogP contribution in [0.15, 0.2) is 18.1 Å². The van der Waals surface area contributed by atoms with Crippen molar-refractivity contribution in [2.75, 3.05) is 7.11 Å². The fraction of sp³-hybridized carbons (Fsp3) is 0.571. The van der Waals surface area contributed by atoms with E-state index in [1.165, 1.54) is 20.0 Å². The van der Waals surface area contributed by atoms with E-state index in [0.717, 1.165) is 17.9 Å². The van der Waals surface area contributed by atoms with Crippen molar-refractivity contribution >= 4 is 19.2 Å². The molecule has 0 aromatic heterocycles. The van der Waals surface area contributed by atoms with Crippen LogP contribution in [0.3, 0.4) is 0 Å². The summed E-state index contributed by atoms with van der Waals surface area (Å²) in [5.41, 5.74) is 0.876. The number of hydrogen-bond donors (Lipinski definition) is 0. The lowest BCUT2D eigenvalue weighted by Crippen LogP contribution is -2.56. The molecule has 6 rings (SSSR count). The summed E-state index contributed by atoms with van der Waals surface area (Å²) < 4.78 is 29.1. The second-order valence-corrected chi connectivity index (χ2v) is 8.88. The SMILES string of the molecule is COc1ccc(/C=C\B2OC3CC4CC(C4)[C@@]3(C)O2)c2c1C(=O)OC(C)(C)O2. The van der Waals surface area contributed by atoms with Crippen molar-refractivity contribution in [1.29, 1.82) is 0 Å². The summed E-state index contributed by atoms with van der Waals surface area (Å²) in [5.74, 6) is 2.69. The van der Waals surface area contributed by atoms with Gasteiger partial charge in [0.25, 0.3) is 0 Å². The average Bonchev–Trinajstić information content (AvgIpc) is 2.94. The average molecular weight is 384 g/mol. The Balaban J connectivity index is 1.43. The molecular weight excluding hydrogens is 359 g/mol. The van der Waals surface area contributed by atoms with Crippen molar-refractivity contribution in [1.82, 2.24) is 0 Å². The van der Waals surface area contributed by atoms with Gasteiger partial charge in [0.1, 0.15) is 17.1 Å². The molecule has 1 aromatic carbocycles. The molecule has 3 saturated carbocycles. The maximum Gasteiger partial charge on any atom is 0.486 e. The Morgan fingerprint density at radius 1 is 1.18 bits per heavy atom. The summed E-state index contributed by atoms with van der Waals surface area (Å²) >= 11 is 0. The molecule has 0 N–H and O–H groups in total. The highest BCUT2D eigenvalue weighted by Crippen LogP contribution is 2.56. The van der Waals surface area contributed by atoms with Gasteiger partial charge in [-0.2, -0.15) is 0 Å². The van der Waals surface area contributed by atoms with Crippen molar-refractivity contribution in [2.24, 2.45) is 11.8 Å². The van der Waals surface area contributed by atoms with Gasteiger partial charge in [-0.15, -0.1) is 0 Å². The Labute approximate surface area is 165 Å². The lowest BCUT2D eigenvalue weighted by atomic mass is 9.57. The standard InChI is InChI=1S/C21H25BO6/c1-20(2)25-18-13(5-6-15(24-4)17(18)19(23)26-20)7-8-22-27-16-11-12-9-14(10-12)21(16,3)28-22/h5-8,12,14,16H,9-11H2,1-4H3/b8-7-/t12?,14?,16?,21-/m1/s1. The fourth-order valence-electron chi connectivity index (χ4n) is 4.99. The highest BCUT2D eigenvalue weighted by Gasteiger charge is 2.60. The first-order valence-electron chi connectivity index (χ1n) is 9.94. The predicted molar refractivity (Wildman–Crippen MR) is 103 cm³/mol. The maximum atomic E-state index is 12.5. The van der Waals surface area contributed by atoms with Gasteiger partial charge in [-0.25, -0.2) is 4.79 Å². The third-order valence-electron chi connectivity index (χ3n) is 6.59. The molecule has 3 aliphatic carbocycles. The number of fused-ring (bicyclic) bond motifs is 1. The van der Waals surface area contributed by atoms with Gasteiger partial charge in [-0.1, -0.05) is 12.1 Å². The largest absolute Gasteiger partial charge is 0.496 e. The lowest BCUT2D eigenvalue weighted by molar-refractivity contribution is -0.127. The number of rotatable bonds is 3. The van der Waals surface area contributed by atoms with Crippen LogP contribution in [0.25, 0.3) is 6.08 Å². The van der Waals surface area contributed by atoms with E-state index in [1.807, 2.05) is 18.1 Å². The summed E-state index contributed by atoms with van der Waals surface area (Å²) in [7, 11) is 1.13. The van der Waals surface area contributed by atoms with Gasteiger partial charge in [0, 0.05) is 19.4 Å². The molecule has 6 nitrogen and oxygen atoms in total. The van der Waals surface area contributed by atoms with E-state index >= 15 is 0 Å². The first-order valence-corrected chi connectivity index (χ1v) is 9.94. The molecule has 1 aromatic rings. The van der Waals surface area contributed by atoms with Crippen LogP contribution in [0.4, 0.5) is 0 Å². The van der Waals surface area contributed by atoms with Crippen molar-refractivity contribution in [3.8, 4) is 11.5 Å². The highest BCUT2D eigenvalue weighted by atomic mass is 16.7. The van der Waals surface area contributed by atoms with Gasteiger partial charge in [-0.3, -0.25) is 0 Å². The molecule has 4 fully saturated rings. The van der Waals surface area contributed by atoms with Crippen LogP contribution >= 0.6 is 0 Å². The van der Waals surface area contributed by atoms with Crippen LogP contribution in [-0.2, 0) is 14.0 Å². The van der Waals surface area contributed by atoms with E-state index in [-0.39, 0.29) is 11.7 Å². The molecule has 1 unspecified atom stereocenters. The number of esters is 1. The van der Waals surface area contributed by atoms with Crippen molar-refractivity contribution in [2.45, 2.75) is 57.5 Å². The molecule has 0 spiro atoms. The number of carbonyl (C=O) groups excluding carboxylic acids is 1. The molecule has 148 valence electrons. The molecule has 1 saturated heterocycles. The summed E-state index contributed by atoms with van der Waals surface area (Å²) in [4.78, 5) is 12.5. The molecule has 0 amide bonds. The topological polar surface area (TPSA) is 63.2 Å². The smallest absolute Gasteiger partial charge is 0.486 e. The number of ether oxygens (including phenoxy) is 3.